The van der Waals surface area contributed by atoms with E-state index in [1.54, 1.807) is 27.9 Å². The Morgan fingerprint density at radius 2 is 2.03 bits per heavy atom. The van der Waals surface area contributed by atoms with Crippen LogP contribution in [0.15, 0.2) is 54.7 Å². The van der Waals surface area contributed by atoms with Gasteiger partial charge in [0, 0.05) is 41.9 Å². The van der Waals surface area contributed by atoms with Crippen molar-refractivity contribution in [1.29, 1.82) is 0 Å². The van der Waals surface area contributed by atoms with Crippen molar-refractivity contribution in [3.05, 3.63) is 82.4 Å². The third kappa shape index (κ3) is 3.13. The molecule has 3 heterocycles. The Morgan fingerprint density at radius 3 is 2.87 bits per heavy atom. The van der Waals surface area contributed by atoms with Crippen LogP contribution in [0.4, 0.5) is 4.39 Å². The fourth-order valence-corrected chi connectivity index (χ4v) is 4.21. The number of benzene rings is 2. The van der Waals surface area contributed by atoms with Gasteiger partial charge in [0.1, 0.15) is 5.82 Å². The van der Waals surface area contributed by atoms with Crippen molar-refractivity contribution >= 4 is 28.4 Å². The van der Waals surface area contributed by atoms with Gasteiger partial charge in [-0.3, -0.25) is 14.5 Å². The van der Waals surface area contributed by atoms with E-state index in [2.05, 4.69) is 10.1 Å². The molecule has 150 valence electrons. The molecule has 4 aromatic rings. The fraction of sp³-hybridized carbons (Fsp3) is 0.174. The number of rotatable bonds is 2. The van der Waals surface area contributed by atoms with Crippen LogP contribution in [0.2, 0.25) is 5.02 Å². The van der Waals surface area contributed by atoms with Crippen molar-refractivity contribution in [1.82, 2.24) is 19.7 Å². The van der Waals surface area contributed by atoms with Crippen LogP contribution in [-0.2, 0) is 20.0 Å². The minimum atomic E-state index is -0.456. The molecule has 30 heavy (non-hydrogen) atoms. The van der Waals surface area contributed by atoms with Gasteiger partial charge in [0.15, 0.2) is 0 Å². The SMILES string of the molecule is Cn1nc2c(c1-c1ccc(Cl)c(F)c1)CCN(C(=O)c1ccc3ncccc3c1)C2. The van der Waals surface area contributed by atoms with Crippen LogP contribution in [0.25, 0.3) is 22.2 Å². The van der Waals surface area contributed by atoms with Crippen LogP contribution < -0.4 is 0 Å². The molecule has 0 spiro atoms. The Hall–Kier alpha value is -3.25. The van der Waals surface area contributed by atoms with E-state index in [9.17, 15) is 9.18 Å². The van der Waals surface area contributed by atoms with Crippen LogP contribution >= 0.6 is 11.6 Å². The summed E-state index contributed by atoms with van der Waals surface area (Å²) < 4.78 is 15.7. The molecule has 1 aliphatic heterocycles. The summed E-state index contributed by atoms with van der Waals surface area (Å²) in [6, 6.07) is 14.1. The van der Waals surface area contributed by atoms with Crippen LogP contribution in [0, 0.1) is 5.82 Å². The monoisotopic (exact) mass is 420 g/mol. The van der Waals surface area contributed by atoms with Crippen LogP contribution in [0.1, 0.15) is 21.6 Å². The second kappa shape index (κ2) is 7.22. The molecule has 0 N–H and O–H groups in total. The summed E-state index contributed by atoms with van der Waals surface area (Å²) in [7, 11) is 1.84. The lowest BCUT2D eigenvalue weighted by Crippen LogP contribution is -2.36. The lowest BCUT2D eigenvalue weighted by molar-refractivity contribution is 0.0732. The average Bonchev–Trinajstić information content (AvgIpc) is 3.09. The molecule has 0 saturated heterocycles. The summed E-state index contributed by atoms with van der Waals surface area (Å²) in [5.41, 5.74) is 4.98. The van der Waals surface area contributed by atoms with E-state index in [-0.39, 0.29) is 10.9 Å². The highest BCUT2D eigenvalue weighted by Crippen LogP contribution is 2.32. The molecule has 1 aliphatic rings. The molecule has 0 saturated carbocycles. The van der Waals surface area contributed by atoms with Crippen molar-refractivity contribution in [2.75, 3.05) is 6.54 Å². The van der Waals surface area contributed by atoms with Gasteiger partial charge in [-0.2, -0.15) is 5.10 Å². The number of aryl methyl sites for hydroxylation is 1. The molecule has 0 bridgehead atoms. The van der Waals surface area contributed by atoms with Crippen LogP contribution in [0.5, 0.6) is 0 Å². The Labute approximate surface area is 177 Å². The van der Waals surface area contributed by atoms with Gasteiger partial charge in [0.05, 0.1) is 28.5 Å². The molecule has 0 aliphatic carbocycles. The zero-order chi connectivity index (χ0) is 20.8. The van der Waals surface area contributed by atoms with E-state index in [0.717, 1.165) is 33.4 Å². The predicted molar refractivity (Wildman–Crippen MR) is 114 cm³/mol. The van der Waals surface area contributed by atoms with Crippen molar-refractivity contribution < 1.29 is 9.18 Å². The first-order valence-electron chi connectivity index (χ1n) is 9.65. The molecular formula is C23H18ClFN4O. The summed E-state index contributed by atoms with van der Waals surface area (Å²) >= 11 is 5.83. The number of hydrogen-bond donors (Lipinski definition) is 0. The highest BCUT2D eigenvalue weighted by Gasteiger charge is 2.28. The van der Waals surface area contributed by atoms with E-state index < -0.39 is 5.82 Å². The number of carbonyl (C=O) groups excluding carboxylic acids is 1. The first kappa shape index (κ1) is 18.8. The minimum Gasteiger partial charge on any atom is -0.332 e. The molecule has 0 unspecified atom stereocenters. The normalized spacial score (nSPS) is 13.5. The van der Waals surface area contributed by atoms with Crippen molar-refractivity contribution in [3.8, 4) is 11.3 Å². The van der Waals surface area contributed by atoms with Crippen LogP contribution in [-0.4, -0.2) is 32.1 Å². The number of carbonyl (C=O) groups is 1. The molecular weight excluding hydrogens is 403 g/mol. The van der Waals surface area contributed by atoms with Crippen molar-refractivity contribution in [2.45, 2.75) is 13.0 Å². The second-order valence-corrected chi connectivity index (χ2v) is 7.82. The molecule has 0 atom stereocenters. The Bertz CT molecular complexity index is 1300. The van der Waals surface area contributed by atoms with E-state index in [1.165, 1.54) is 6.07 Å². The van der Waals surface area contributed by atoms with Gasteiger partial charge in [-0.15, -0.1) is 0 Å². The lowest BCUT2D eigenvalue weighted by atomic mass is 9.99. The molecule has 0 radical (unpaired) electrons. The first-order chi connectivity index (χ1) is 14.5. The average molecular weight is 421 g/mol. The van der Waals surface area contributed by atoms with Gasteiger partial charge >= 0.3 is 0 Å². The van der Waals surface area contributed by atoms with Gasteiger partial charge in [-0.05, 0) is 42.8 Å². The van der Waals surface area contributed by atoms with E-state index in [0.29, 0.717) is 25.1 Å². The van der Waals surface area contributed by atoms with Gasteiger partial charge in [-0.1, -0.05) is 23.7 Å². The van der Waals surface area contributed by atoms with Gasteiger partial charge in [0.25, 0.3) is 5.91 Å². The molecule has 5 rings (SSSR count). The van der Waals surface area contributed by atoms with E-state index in [1.807, 2.05) is 37.4 Å². The maximum absolute atomic E-state index is 14.0. The summed E-state index contributed by atoms with van der Waals surface area (Å²) in [4.78, 5) is 19.2. The number of halogens is 2. The molecule has 7 heteroatoms. The summed E-state index contributed by atoms with van der Waals surface area (Å²) in [6.07, 6.45) is 2.39. The third-order valence-electron chi connectivity index (χ3n) is 5.53. The lowest BCUT2D eigenvalue weighted by Gasteiger charge is -2.27. The largest absolute Gasteiger partial charge is 0.332 e. The fourth-order valence-electron chi connectivity index (χ4n) is 4.09. The standard InChI is InChI=1S/C23H18ClFN4O/c1-28-22(15-4-6-18(24)19(25)12-15)17-8-10-29(13-21(17)27-28)23(30)16-5-7-20-14(11-16)3-2-9-26-20/h2-7,9,11-12H,8,10,13H2,1H3. The minimum absolute atomic E-state index is 0.0313. The number of pyridine rings is 1. The summed E-state index contributed by atoms with van der Waals surface area (Å²) in [6.45, 7) is 0.995. The first-order valence-corrected chi connectivity index (χ1v) is 10.0. The highest BCUT2D eigenvalue weighted by molar-refractivity contribution is 6.30. The van der Waals surface area contributed by atoms with Crippen LogP contribution in [0.3, 0.4) is 0 Å². The maximum atomic E-state index is 14.0. The number of fused-ring (bicyclic) bond motifs is 2. The zero-order valence-electron chi connectivity index (χ0n) is 16.3. The number of nitrogens with zero attached hydrogens (tertiary/aromatic N) is 4. The topological polar surface area (TPSA) is 51.0 Å². The smallest absolute Gasteiger partial charge is 0.254 e. The molecule has 5 nitrogen and oxygen atoms in total. The number of hydrogen-bond acceptors (Lipinski definition) is 3. The molecule has 0 fully saturated rings. The van der Waals surface area contributed by atoms with Crippen molar-refractivity contribution in [3.63, 3.8) is 0 Å². The molecule has 2 aromatic carbocycles. The Morgan fingerprint density at radius 1 is 1.17 bits per heavy atom. The number of amides is 1. The van der Waals surface area contributed by atoms with Crippen molar-refractivity contribution in [2.24, 2.45) is 7.05 Å². The second-order valence-electron chi connectivity index (χ2n) is 7.41. The van der Waals surface area contributed by atoms with Gasteiger partial charge in [-0.25, -0.2) is 4.39 Å². The Kier molecular flexibility index (Phi) is 4.51. The number of aromatic nitrogens is 3. The van der Waals surface area contributed by atoms with E-state index >= 15 is 0 Å². The highest BCUT2D eigenvalue weighted by atomic mass is 35.5. The Balaban J connectivity index is 1.45. The van der Waals surface area contributed by atoms with Gasteiger partial charge in [0.2, 0.25) is 0 Å². The molecule has 1 amide bonds. The van der Waals surface area contributed by atoms with E-state index in [4.69, 9.17) is 11.6 Å². The zero-order valence-corrected chi connectivity index (χ0v) is 17.0. The summed E-state index contributed by atoms with van der Waals surface area (Å²) in [5, 5.41) is 5.64. The maximum Gasteiger partial charge on any atom is 0.254 e. The summed E-state index contributed by atoms with van der Waals surface area (Å²) in [5.74, 6) is -0.487. The third-order valence-corrected chi connectivity index (χ3v) is 5.84. The quantitative estimate of drug-likeness (QED) is 0.475. The van der Waals surface area contributed by atoms with Gasteiger partial charge < -0.3 is 4.90 Å². The molecule has 2 aromatic heterocycles. The predicted octanol–water partition coefficient (Wildman–Crippen LogP) is 4.63.